The average Bonchev–Trinajstić information content (AvgIpc) is 2.73. The first-order chi connectivity index (χ1) is 15.0. The van der Waals surface area contributed by atoms with Crippen LogP contribution < -0.4 is 5.73 Å². The highest BCUT2D eigenvalue weighted by molar-refractivity contribution is 5.74. The Labute approximate surface area is 180 Å². The van der Waals surface area contributed by atoms with Gasteiger partial charge >= 0.3 is 6.18 Å². The maximum Gasteiger partial charge on any atom is 0.430 e. The van der Waals surface area contributed by atoms with E-state index in [1.165, 1.54) is 12.1 Å². The van der Waals surface area contributed by atoms with Gasteiger partial charge in [-0.2, -0.15) is 26.9 Å². The average molecular weight is 447 g/mol. The minimum Gasteiger partial charge on any atom is -0.395 e. The summed E-state index contributed by atoms with van der Waals surface area (Å²) in [6.45, 7) is 3.66. The van der Waals surface area contributed by atoms with Crippen molar-refractivity contribution in [2.75, 3.05) is 0 Å². The van der Waals surface area contributed by atoms with E-state index in [9.17, 15) is 22.0 Å². The first kappa shape index (κ1) is 23.0. The van der Waals surface area contributed by atoms with Gasteiger partial charge in [0.05, 0.1) is 22.6 Å². The van der Waals surface area contributed by atoms with Crippen LogP contribution in [0.3, 0.4) is 0 Å². The molecule has 5 nitrogen and oxygen atoms in total. The van der Waals surface area contributed by atoms with Gasteiger partial charge in [0.25, 0.3) is 0 Å². The first-order valence-electron chi connectivity index (χ1n) is 9.33. The molecule has 0 aliphatic heterocycles. The summed E-state index contributed by atoms with van der Waals surface area (Å²) < 4.78 is 64.6. The number of pyridine rings is 3. The van der Waals surface area contributed by atoms with Gasteiger partial charge in [-0.1, -0.05) is 12.1 Å². The SMILES string of the molecule is CC(C)(c1cccc(N=CC=C(N)C(F)(F)F)n1)c1cccc(-c2ccc(F)nc2F)n1. The van der Waals surface area contributed by atoms with E-state index in [1.807, 2.05) is 13.8 Å². The highest BCUT2D eigenvalue weighted by atomic mass is 19.4. The molecule has 0 atom stereocenters. The molecular formula is C22H18F5N5. The van der Waals surface area contributed by atoms with E-state index in [2.05, 4.69) is 19.9 Å². The maximum atomic E-state index is 14.1. The van der Waals surface area contributed by atoms with Crippen molar-refractivity contribution >= 4 is 12.0 Å². The fourth-order valence-electron chi connectivity index (χ4n) is 2.80. The lowest BCUT2D eigenvalue weighted by Crippen LogP contribution is -2.22. The topological polar surface area (TPSA) is 77.0 Å². The monoisotopic (exact) mass is 447 g/mol. The van der Waals surface area contributed by atoms with E-state index in [-0.39, 0.29) is 17.1 Å². The number of allylic oxidation sites excluding steroid dienone is 2. The highest BCUT2D eigenvalue weighted by Crippen LogP contribution is 2.31. The van der Waals surface area contributed by atoms with E-state index in [0.29, 0.717) is 17.5 Å². The number of nitrogens with two attached hydrogens (primary N) is 1. The van der Waals surface area contributed by atoms with Crippen molar-refractivity contribution < 1.29 is 22.0 Å². The van der Waals surface area contributed by atoms with Gasteiger partial charge in [0.2, 0.25) is 11.9 Å². The van der Waals surface area contributed by atoms with Gasteiger partial charge in [0.1, 0.15) is 5.70 Å². The Kier molecular flexibility index (Phi) is 6.33. The van der Waals surface area contributed by atoms with E-state index in [4.69, 9.17) is 5.73 Å². The molecule has 3 aromatic rings. The molecule has 0 fully saturated rings. The summed E-state index contributed by atoms with van der Waals surface area (Å²) >= 11 is 0. The van der Waals surface area contributed by atoms with Gasteiger partial charge in [-0.25, -0.2) is 9.98 Å². The second kappa shape index (κ2) is 8.81. The van der Waals surface area contributed by atoms with Crippen LogP contribution in [0.15, 0.2) is 65.3 Å². The molecule has 10 heteroatoms. The number of alkyl halides is 3. The van der Waals surface area contributed by atoms with E-state index in [1.54, 1.807) is 30.3 Å². The largest absolute Gasteiger partial charge is 0.430 e. The van der Waals surface area contributed by atoms with Crippen LogP contribution in [0.25, 0.3) is 11.3 Å². The Hall–Kier alpha value is -3.69. The van der Waals surface area contributed by atoms with E-state index < -0.39 is 29.2 Å². The maximum absolute atomic E-state index is 14.1. The summed E-state index contributed by atoms with van der Waals surface area (Å²) in [5, 5.41) is 0. The fraction of sp³-hybridized carbons (Fsp3) is 0.182. The highest BCUT2D eigenvalue weighted by Gasteiger charge is 2.31. The van der Waals surface area contributed by atoms with Crippen molar-refractivity contribution in [3.05, 3.63) is 83.6 Å². The molecule has 3 aromatic heterocycles. The van der Waals surface area contributed by atoms with Crippen molar-refractivity contribution in [1.29, 1.82) is 0 Å². The predicted octanol–water partition coefficient (Wildman–Crippen LogP) is 5.25. The lowest BCUT2D eigenvalue weighted by molar-refractivity contribution is -0.0925. The summed E-state index contributed by atoms with van der Waals surface area (Å²) in [6, 6.07) is 12.2. The molecule has 0 aliphatic rings. The summed E-state index contributed by atoms with van der Waals surface area (Å²) in [5.74, 6) is -1.74. The van der Waals surface area contributed by atoms with E-state index in [0.717, 1.165) is 12.3 Å². The van der Waals surface area contributed by atoms with Gasteiger partial charge in [-0.3, -0.25) is 4.98 Å². The molecule has 3 heterocycles. The number of hydrogen-bond acceptors (Lipinski definition) is 5. The molecule has 0 unspecified atom stereocenters. The smallest absolute Gasteiger partial charge is 0.395 e. The summed E-state index contributed by atoms with van der Waals surface area (Å²) in [4.78, 5) is 16.0. The molecule has 0 radical (unpaired) electrons. The second-order valence-corrected chi connectivity index (χ2v) is 7.28. The summed E-state index contributed by atoms with van der Waals surface area (Å²) in [5.41, 5.74) is 4.26. The van der Waals surface area contributed by atoms with Crippen LogP contribution in [-0.4, -0.2) is 27.3 Å². The van der Waals surface area contributed by atoms with Gasteiger partial charge < -0.3 is 5.73 Å². The molecule has 32 heavy (non-hydrogen) atoms. The Balaban J connectivity index is 1.93. The van der Waals surface area contributed by atoms with Crippen LogP contribution in [-0.2, 0) is 5.41 Å². The number of aliphatic imine (C=N–C) groups is 1. The standard InChI is InChI=1S/C22H18F5N5/c1-21(2,16-6-3-5-14(30-16)13-9-10-18(23)32-20(13)24)17-7-4-8-19(31-17)29-12-11-15(28)22(25,26)27/h3-12H,28H2,1-2H3. The molecule has 0 saturated carbocycles. The Morgan fingerprint density at radius 2 is 1.56 bits per heavy atom. The van der Waals surface area contributed by atoms with Crippen molar-refractivity contribution in [3.63, 3.8) is 0 Å². The van der Waals surface area contributed by atoms with Crippen molar-refractivity contribution in [3.8, 4) is 11.3 Å². The molecule has 0 saturated heterocycles. The van der Waals surface area contributed by atoms with Gasteiger partial charge in [-0.15, -0.1) is 0 Å². The molecule has 3 rings (SSSR count). The zero-order valence-electron chi connectivity index (χ0n) is 17.0. The molecule has 0 spiro atoms. The summed E-state index contributed by atoms with van der Waals surface area (Å²) in [6.07, 6.45) is -3.07. The number of halogens is 5. The van der Waals surface area contributed by atoms with Crippen molar-refractivity contribution in [2.24, 2.45) is 10.7 Å². The lowest BCUT2D eigenvalue weighted by atomic mass is 9.84. The van der Waals surface area contributed by atoms with Crippen molar-refractivity contribution in [2.45, 2.75) is 25.4 Å². The zero-order chi connectivity index (χ0) is 23.5. The molecule has 2 N–H and O–H groups in total. The Morgan fingerprint density at radius 3 is 2.22 bits per heavy atom. The fourth-order valence-corrected chi connectivity index (χ4v) is 2.80. The van der Waals surface area contributed by atoms with Crippen LogP contribution in [0.2, 0.25) is 0 Å². The van der Waals surface area contributed by atoms with Crippen LogP contribution in [0, 0.1) is 11.9 Å². The van der Waals surface area contributed by atoms with Crippen LogP contribution in [0.4, 0.5) is 27.8 Å². The number of nitrogens with zero attached hydrogens (tertiary/aromatic N) is 4. The minimum atomic E-state index is -4.64. The molecule has 0 aliphatic carbocycles. The van der Waals surface area contributed by atoms with Crippen LogP contribution in [0.5, 0.6) is 0 Å². The van der Waals surface area contributed by atoms with Gasteiger partial charge in [0, 0.05) is 11.6 Å². The second-order valence-electron chi connectivity index (χ2n) is 7.28. The molecule has 0 bridgehead atoms. The number of rotatable bonds is 5. The Morgan fingerprint density at radius 1 is 0.906 bits per heavy atom. The van der Waals surface area contributed by atoms with Crippen LogP contribution >= 0.6 is 0 Å². The number of aromatic nitrogens is 3. The number of hydrogen-bond donors (Lipinski definition) is 1. The molecule has 0 amide bonds. The van der Waals surface area contributed by atoms with Gasteiger partial charge in [0.15, 0.2) is 5.82 Å². The quantitative estimate of drug-likeness (QED) is 0.329. The lowest BCUT2D eigenvalue weighted by Gasteiger charge is -2.24. The zero-order valence-corrected chi connectivity index (χ0v) is 17.0. The van der Waals surface area contributed by atoms with Crippen molar-refractivity contribution in [1.82, 2.24) is 15.0 Å². The third kappa shape index (κ3) is 5.13. The van der Waals surface area contributed by atoms with Crippen LogP contribution in [0.1, 0.15) is 25.2 Å². The molecular weight excluding hydrogens is 429 g/mol. The molecule has 0 aromatic carbocycles. The molecule has 166 valence electrons. The first-order valence-corrected chi connectivity index (χ1v) is 9.33. The van der Waals surface area contributed by atoms with Gasteiger partial charge in [-0.05, 0) is 56.3 Å². The summed E-state index contributed by atoms with van der Waals surface area (Å²) in [7, 11) is 0. The third-order valence-electron chi connectivity index (χ3n) is 4.64. The predicted molar refractivity (Wildman–Crippen MR) is 110 cm³/mol. The Bertz CT molecular complexity index is 1190. The minimum absolute atomic E-state index is 0.0457. The van der Waals surface area contributed by atoms with E-state index >= 15 is 0 Å². The third-order valence-corrected chi connectivity index (χ3v) is 4.64. The normalized spacial score (nSPS) is 13.0.